The summed E-state index contributed by atoms with van der Waals surface area (Å²) in [7, 11) is 1.86. The number of aromatic nitrogens is 2. The van der Waals surface area contributed by atoms with Gasteiger partial charge in [-0.25, -0.2) is 4.98 Å². The maximum absolute atomic E-state index is 4.44. The number of unbranched alkanes of at least 4 members (excludes halogenated alkanes) is 1. The second-order valence-corrected chi connectivity index (χ2v) is 4.31. The van der Waals surface area contributed by atoms with Crippen molar-refractivity contribution in [2.75, 3.05) is 17.7 Å². The first-order valence-corrected chi connectivity index (χ1v) is 6.56. The first kappa shape index (κ1) is 13.7. The number of rotatable bonds is 8. The van der Waals surface area contributed by atoms with Crippen LogP contribution in [0, 0.1) is 0 Å². The zero-order valence-electron chi connectivity index (χ0n) is 11.2. The summed E-state index contributed by atoms with van der Waals surface area (Å²) in [5.74, 6) is 1.67. The largest absolute Gasteiger partial charge is 0.372 e. The van der Waals surface area contributed by atoms with Gasteiger partial charge in [-0.05, 0) is 12.8 Å². The van der Waals surface area contributed by atoms with Crippen LogP contribution in [-0.4, -0.2) is 23.1 Å². The van der Waals surface area contributed by atoms with E-state index in [0.29, 0.717) is 6.04 Å². The molecule has 0 radical (unpaired) electrons. The van der Waals surface area contributed by atoms with Gasteiger partial charge in [0.15, 0.2) is 0 Å². The van der Waals surface area contributed by atoms with E-state index < -0.39 is 0 Å². The molecule has 0 saturated heterocycles. The van der Waals surface area contributed by atoms with E-state index in [4.69, 9.17) is 0 Å². The van der Waals surface area contributed by atoms with Crippen LogP contribution in [0.4, 0.5) is 11.6 Å². The monoisotopic (exact) mass is 236 g/mol. The normalized spacial score (nSPS) is 12.2. The minimum absolute atomic E-state index is 0.515. The lowest BCUT2D eigenvalue weighted by Crippen LogP contribution is -2.20. The fraction of sp³-hybridized carbons (Fsp3) is 0.692. The molecule has 1 rings (SSSR count). The van der Waals surface area contributed by atoms with Crippen LogP contribution < -0.4 is 10.6 Å². The Kier molecular flexibility index (Phi) is 6.37. The van der Waals surface area contributed by atoms with Gasteiger partial charge in [0, 0.05) is 13.1 Å². The molecule has 0 fully saturated rings. The molecule has 1 aromatic heterocycles. The van der Waals surface area contributed by atoms with E-state index in [1.165, 1.54) is 32.1 Å². The summed E-state index contributed by atoms with van der Waals surface area (Å²) < 4.78 is 0. The van der Waals surface area contributed by atoms with Crippen molar-refractivity contribution in [2.45, 2.75) is 52.0 Å². The van der Waals surface area contributed by atoms with E-state index in [1.807, 2.05) is 7.05 Å². The predicted molar refractivity (Wildman–Crippen MR) is 73.4 cm³/mol. The summed E-state index contributed by atoms with van der Waals surface area (Å²) in [5.41, 5.74) is 0. The Bertz CT molecular complexity index is 314. The van der Waals surface area contributed by atoms with Gasteiger partial charge in [0.2, 0.25) is 0 Å². The van der Waals surface area contributed by atoms with E-state index in [1.54, 1.807) is 12.4 Å². The molecule has 0 aliphatic rings. The van der Waals surface area contributed by atoms with Crippen molar-refractivity contribution >= 4 is 11.6 Å². The molecule has 0 bridgehead atoms. The fourth-order valence-electron chi connectivity index (χ4n) is 1.85. The van der Waals surface area contributed by atoms with Crippen LogP contribution in [0.1, 0.15) is 46.0 Å². The second-order valence-electron chi connectivity index (χ2n) is 4.31. The lowest BCUT2D eigenvalue weighted by molar-refractivity contribution is 0.563. The maximum atomic E-state index is 4.44. The van der Waals surface area contributed by atoms with Crippen molar-refractivity contribution < 1.29 is 0 Å². The van der Waals surface area contributed by atoms with Gasteiger partial charge in [-0.2, -0.15) is 0 Å². The fourth-order valence-corrected chi connectivity index (χ4v) is 1.85. The third-order valence-corrected chi connectivity index (χ3v) is 2.79. The van der Waals surface area contributed by atoms with E-state index in [0.717, 1.165) is 11.6 Å². The van der Waals surface area contributed by atoms with Gasteiger partial charge in [0.25, 0.3) is 0 Å². The maximum Gasteiger partial charge on any atom is 0.147 e. The van der Waals surface area contributed by atoms with Crippen LogP contribution in [0.5, 0.6) is 0 Å². The Morgan fingerprint density at radius 3 is 2.53 bits per heavy atom. The number of nitrogens with one attached hydrogen (secondary N) is 2. The zero-order valence-corrected chi connectivity index (χ0v) is 11.2. The summed E-state index contributed by atoms with van der Waals surface area (Å²) in [6.45, 7) is 4.45. The Hall–Kier alpha value is -1.32. The lowest BCUT2D eigenvalue weighted by atomic mass is 10.1. The molecule has 4 nitrogen and oxygen atoms in total. The van der Waals surface area contributed by atoms with Gasteiger partial charge >= 0.3 is 0 Å². The van der Waals surface area contributed by atoms with Crippen LogP contribution in [0.2, 0.25) is 0 Å². The molecule has 0 aliphatic carbocycles. The minimum atomic E-state index is 0.515. The molecule has 1 unspecified atom stereocenters. The summed E-state index contributed by atoms with van der Waals surface area (Å²) in [5, 5.41) is 6.48. The van der Waals surface area contributed by atoms with Gasteiger partial charge in [0.05, 0.1) is 12.4 Å². The topological polar surface area (TPSA) is 49.8 Å². The number of hydrogen-bond donors (Lipinski definition) is 2. The van der Waals surface area contributed by atoms with Gasteiger partial charge < -0.3 is 10.6 Å². The van der Waals surface area contributed by atoms with Crippen molar-refractivity contribution in [3.63, 3.8) is 0 Å². The molecule has 17 heavy (non-hydrogen) atoms. The highest BCUT2D eigenvalue weighted by Gasteiger charge is 2.08. The molecule has 4 heteroatoms. The first-order valence-electron chi connectivity index (χ1n) is 6.56. The highest BCUT2D eigenvalue weighted by molar-refractivity contribution is 5.41. The molecule has 0 spiro atoms. The second kappa shape index (κ2) is 7.87. The van der Waals surface area contributed by atoms with Crippen molar-refractivity contribution in [1.82, 2.24) is 9.97 Å². The van der Waals surface area contributed by atoms with Crippen molar-refractivity contribution in [3.8, 4) is 0 Å². The molecule has 1 aromatic rings. The molecular weight excluding hydrogens is 212 g/mol. The molecular formula is C13H24N4. The Balaban J connectivity index is 2.57. The minimum Gasteiger partial charge on any atom is -0.372 e. The highest BCUT2D eigenvalue weighted by Crippen LogP contribution is 2.14. The summed E-state index contributed by atoms with van der Waals surface area (Å²) in [6, 6.07) is 0.515. The summed E-state index contributed by atoms with van der Waals surface area (Å²) in [4.78, 5) is 8.60. The average molecular weight is 236 g/mol. The molecule has 0 aromatic carbocycles. The van der Waals surface area contributed by atoms with E-state index in [-0.39, 0.29) is 0 Å². The number of anilines is 2. The molecule has 2 N–H and O–H groups in total. The SMILES string of the molecule is CCCCC(CCC)Nc1cncc(NC)n1. The third kappa shape index (κ3) is 5.02. The zero-order chi connectivity index (χ0) is 12.5. The van der Waals surface area contributed by atoms with Crippen molar-refractivity contribution in [1.29, 1.82) is 0 Å². The lowest BCUT2D eigenvalue weighted by Gasteiger charge is -2.18. The highest BCUT2D eigenvalue weighted by atomic mass is 15.1. The molecule has 1 atom stereocenters. The Morgan fingerprint density at radius 2 is 1.88 bits per heavy atom. The molecule has 0 aliphatic heterocycles. The van der Waals surface area contributed by atoms with E-state index >= 15 is 0 Å². The summed E-state index contributed by atoms with van der Waals surface area (Å²) in [6.07, 6.45) is 9.60. The number of nitrogens with zero attached hydrogens (tertiary/aromatic N) is 2. The average Bonchev–Trinajstić information content (AvgIpc) is 2.36. The van der Waals surface area contributed by atoms with Crippen LogP contribution in [0.15, 0.2) is 12.4 Å². The smallest absolute Gasteiger partial charge is 0.147 e. The predicted octanol–water partition coefficient (Wildman–Crippen LogP) is 3.29. The quantitative estimate of drug-likeness (QED) is 0.727. The van der Waals surface area contributed by atoms with Gasteiger partial charge in [-0.15, -0.1) is 0 Å². The van der Waals surface area contributed by atoms with Crippen LogP contribution in [0.3, 0.4) is 0 Å². The van der Waals surface area contributed by atoms with E-state index in [2.05, 4.69) is 34.4 Å². The Morgan fingerprint density at radius 1 is 1.12 bits per heavy atom. The summed E-state index contributed by atoms with van der Waals surface area (Å²) >= 11 is 0. The van der Waals surface area contributed by atoms with Crippen molar-refractivity contribution in [2.24, 2.45) is 0 Å². The molecule has 1 heterocycles. The molecule has 0 saturated carbocycles. The van der Waals surface area contributed by atoms with Gasteiger partial charge in [-0.1, -0.05) is 33.1 Å². The van der Waals surface area contributed by atoms with Gasteiger partial charge in [0.1, 0.15) is 11.6 Å². The van der Waals surface area contributed by atoms with Gasteiger partial charge in [-0.3, -0.25) is 4.98 Å². The van der Waals surface area contributed by atoms with Crippen molar-refractivity contribution in [3.05, 3.63) is 12.4 Å². The first-order chi connectivity index (χ1) is 8.30. The standard InChI is InChI=1S/C13H24N4/c1-4-6-8-11(7-5-2)16-13-10-15-9-12(14-3)17-13/h9-11H,4-8H2,1-3H3,(H2,14,16,17). The van der Waals surface area contributed by atoms with E-state index in [9.17, 15) is 0 Å². The third-order valence-electron chi connectivity index (χ3n) is 2.79. The van der Waals surface area contributed by atoms with Crippen LogP contribution in [-0.2, 0) is 0 Å². The molecule has 0 amide bonds. The molecule has 96 valence electrons. The van der Waals surface area contributed by atoms with Crippen LogP contribution >= 0.6 is 0 Å². The Labute approximate surface area is 104 Å². The number of hydrogen-bond acceptors (Lipinski definition) is 4. The van der Waals surface area contributed by atoms with Crippen LogP contribution in [0.25, 0.3) is 0 Å².